The molecule has 2 N–H and O–H groups in total. The minimum absolute atomic E-state index is 0.148. The van der Waals surface area contributed by atoms with Crippen molar-refractivity contribution >= 4 is 34.9 Å². The highest BCUT2D eigenvalue weighted by atomic mass is 35.5. The van der Waals surface area contributed by atoms with Gasteiger partial charge in [-0.2, -0.15) is 0 Å². The number of hydrogen-bond acceptors (Lipinski definition) is 4. The molecule has 0 spiro atoms. The van der Waals surface area contributed by atoms with Crippen LogP contribution in [0.4, 0.5) is 5.69 Å². The van der Waals surface area contributed by atoms with Crippen LogP contribution in [0.15, 0.2) is 36.4 Å². The first kappa shape index (κ1) is 16.5. The number of esters is 1. The van der Waals surface area contributed by atoms with Gasteiger partial charge in [0, 0.05) is 15.6 Å². The predicted molar refractivity (Wildman–Crippen MR) is 87.6 cm³/mol. The van der Waals surface area contributed by atoms with Crippen LogP contribution in [0.5, 0.6) is 5.75 Å². The van der Waals surface area contributed by atoms with Crippen LogP contribution < -0.4 is 10.5 Å². The van der Waals surface area contributed by atoms with E-state index in [1.54, 1.807) is 37.3 Å². The number of nitrogen functional groups attached to an aromatic ring is 1. The third-order valence-corrected chi connectivity index (χ3v) is 3.67. The molecule has 0 saturated carbocycles. The summed E-state index contributed by atoms with van der Waals surface area (Å²) in [4.78, 5) is 11.7. The Morgan fingerprint density at radius 1 is 1.18 bits per heavy atom. The van der Waals surface area contributed by atoms with Crippen molar-refractivity contribution in [2.24, 2.45) is 0 Å². The van der Waals surface area contributed by atoms with Gasteiger partial charge in [0.25, 0.3) is 0 Å². The minimum Gasteiger partial charge on any atom is -0.487 e. The standard InChI is InChI=1S/C16H15Cl2NO3/c1-2-21-16(20)10-6-7-14(19)15(8-10)22-9-11-12(17)4-3-5-13(11)18/h3-8H,2,9,19H2,1H3. The van der Waals surface area contributed by atoms with Gasteiger partial charge >= 0.3 is 5.97 Å². The molecule has 6 heteroatoms. The minimum atomic E-state index is -0.428. The summed E-state index contributed by atoms with van der Waals surface area (Å²) in [6.45, 7) is 2.19. The van der Waals surface area contributed by atoms with E-state index < -0.39 is 5.97 Å². The number of hydrogen-bond donors (Lipinski definition) is 1. The number of carbonyl (C=O) groups is 1. The summed E-state index contributed by atoms with van der Waals surface area (Å²) in [6, 6.07) is 9.93. The molecular weight excluding hydrogens is 325 g/mol. The lowest BCUT2D eigenvalue weighted by Gasteiger charge is -2.12. The lowest BCUT2D eigenvalue weighted by atomic mass is 10.2. The molecular formula is C16H15Cl2NO3. The molecule has 0 aliphatic heterocycles. The van der Waals surface area contributed by atoms with Crippen LogP contribution in [0.3, 0.4) is 0 Å². The molecule has 0 aromatic heterocycles. The van der Waals surface area contributed by atoms with E-state index in [1.807, 2.05) is 0 Å². The van der Waals surface area contributed by atoms with Crippen LogP contribution in [0.1, 0.15) is 22.8 Å². The van der Waals surface area contributed by atoms with Crippen LogP contribution >= 0.6 is 23.2 Å². The zero-order valence-corrected chi connectivity index (χ0v) is 13.4. The van der Waals surface area contributed by atoms with Gasteiger partial charge in [-0.1, -0.05) is 29.3 Å². The van der Waals surface area contributed by atoms with Gasteiger partial charge < -0.3 is 15.2 Å². The smallest absolute Gasteiger partial charge is 0.338 e. The van der Waals surface area contributed by atoms with Crippen LogP contribution in [0.2, 0.25) is 10.0 Å². The van der Waals surface area contributed by atoms with Crippen molar-refractivity contribution in [1.82, 2.24) is 0 Å². The van der Waals surface area contributed by atoms with Gasteiger partial charge in [0.2, 0.25) is 0 Å². The molecule has 0 amide bonds. The molecule has 0 radical (unpaired) electrons. The topological polar surface area (TPSA) is 61.5 Å². The lowest BCUT2D eigenvalue weighted by molar-refractivity contribution is 0.0526. The fourth-order valence-electron chi connectivity index (χ4n) is 1.82. The van der Waals surface area contributed by atoms with Gasteiger partial charge in [0.1, 0.15) is 12.4 Å². The summed E-state index contributed by atoms with van der Waals surface area (Å²) in [5.74, 6) is -0.0512. The number of halogens is 2. The quantitative estimate of drug-likeness (QED) is 0.650. The normalized spacial score (nSPS) is 10.3. The summed E-state index contributed by atoms with van der Waals surface area (Å²) in [5.41, 5.74) is 7.30. The Morgan fingerprint density at radius 2 is 1.86 bits per heavy atom. The molecule has 0 bridgehead atoms. The predicted octanol–water partition coefficient (Wildman–Crippen LogP) is 4.33. The molecule has 0 aliphatic rings. The molecule has 116 valence electrons. The molecule has 0 fully saturated rings. The Kier molecular flexibility index (Phi) is 5.52. The average Bonchev–Trinajstić information content (AvgIpc) is 2.48. The van der Waals surface area contributed by atoms with Crippen molar-refractivity contribution in [3.8, 4) is 5.75 Å². The molecule has 0 aliphatic carbocycles. The van der Waals surface area contributed by atoms with Crippen molar-refractivity contribution in [2.45, 2.75) is 13.5 Å². The maximum atomic E-state index is 11.7. The van der Waals surface area contributed by atoms with E-state index in [9.17, 15) is 4.79 Å². The van der Waals surface area contributed by atoms with Gasteiger partial charge in [-0.05, 0) is 37.3 Å². The van der Waals surface area contributed by atoms with Crippen molar-refractivity contribution in [3.05, 3.63) is 57.6 Å². The molecule has 22 heavy (non-hydrogen) atoms. The summed E-state index contributed by atoms with van der Waals surface area (Å²) >= 11 is 12.2. The lowest BCUT2D eigenvalue weighted by Crippen LogP contribution is -2.06. The van der Waals surface area contributed by atoms with E-state index in [0.29, 0.717) is 39.2 Å². The third-order valence-electron chi connectivity index (χ3n) is 2.96. The van der Waals surface area contributed by atoms with E-state index in [4.69, 9.17) is 38.4 Å². The highest BCUT2D eigenvalue weighted by Gasteiger charge is 2.12. The van der Waals surface area contributed by atoms with Crippen molar-refractivity contribution in [2.75, 3.05) is 12.3 Å². The van der Waals surface area contributed by atoms with E-state index in [-0.39, 0.29) is 6.61 Å². The zero-order valence-electron chi connectivity index (χ0n) is 11.9. The largest absolute Gasteiger partial charge is 0.487 e. The summed E-state index contributed by atoms with van der Waals surface area (Å²) in [5, 5.41) is 1.01. The maximum Gasteiger partial charge on any atom is 0.338 e. The van der Waals surface area contributed by atoms with E-state index in [2.05, 4.69) is 0 Å². The van der Waals surface area contributed by atoms with Gasteiger partial charge in [-0.15, -0.1) is 0 Å². The molecule has 2 aromatic carbocycles. The maximum absolute atomic E-state index is 11.7. The highest BCUT2D eigenvalue weighted by molar-refractivity contribution is 6.35. The molecule has 0 atom stereocenters. The number of carbonyl (C=O) groups excluding carboxylic acids is 1. The van der Waals surface area contributed by atoms with Crippen molar-refractivity contribution < 1.29 is 14.3 Å². The second kappa shape index (κ2) is 7.38. The SMILES string of the molecule is CCOC(=O)c1ccc(N)c(OCc2c(Cl)cccc2Cl)c1. The average molecular weight is 340 g/mol. The molecule has 2 aromatic rings. The van der Waals surface area contributed by atoms with E-state index >= 15 is 0 Å². The molecule has 4 nitrogen and oxygen atoms in total. The molecule has 0 saturated heterocycles. The number of nitrogens with two attached hydrogens (primary N) is 1. The Balaban J connectivity index is 2.19. The number of anilines is 1. The zero-order chi connectivity index (χ0) is 16.1. The van der Waals surface area contributed by atoms with E-state index in [1.165, 1.54) is 6.07 Å². The first-order valence-corrected chi connectivity index (χ1v) is 7.41. The number of benzene rings is 2. The Hall–Kier alpha value is -1.91. The second-order valence-corrected chi connectivity index (χ2v) is 5.28. The Labute approximate surface area is 138 Å². The van der Waals surface area contributed by atoms with Gasteiger partial charge in [0.15, 0.2) is 0 Å². The van der Waals surface area contributed by atoms with Crippen molar-refractivity contribution in [3.63, 3.8) is 0 Å². The second-order valence-electron chi connectivity index (χ2n) is 4.46. The van der Waals surface area contributed by atoms with Crippen LogP contribution in [-0.2, 0) is 11.3 Å². The van der Waals surface area contributed by atoms with Crippen LogP contribution in [0, 0.1) is 0 Å². The Bertz CT molecular complexity index is 669. The monoisotopic (exact) mass is 339 g/mol. The Morgan fingerprint density at radius 3 is 2.50 bits per heavy atom. The summed E-state index contributed by atoms with van der Waals surface area (Å²) in [7, 11) is 0. The fourth-order valence-corrected chi connectivity index (χ4v) is 2.33. The first-order valence-electron chi connectivity index (χ1n) is 6.65. The number of rotatable bonds is 5. The van der Waals surface area contributed by atoms with Crippen LogP contribution in [0.25, 0.3) is 0 Å². The third kappa shape index (κ3) is 3.84. The van der Waals surface area contributed by atoms with Crippen molar-refractivity contribution in [1.29, 1.82) is 0 Å². The van der Waals surface area contributed by atoms with Gasteiger partial charge in [0.05, 0.1) is 17.9 Å². The number of ether oxygens (including phenoxy) is 2. The van der Waals surface area contributed by atoms with Gasteiger partial charge in [-0.25, -0.2) is 4.79 Å². The van der Waals surface area contributed by atoms with Crippen LogP contribution in [-0.4, -0.2) is 12.6 Å². The summed E-state index contributed by atoms with van der Waals surface area (Å²) in [6.07, 6.45) is 0. The first-order chi connectivity index (χ1) is 10.5. The molecule has 0 unspecified atom stereocenters. The molecule has 2 rings (SSSR count). The van der Waals surface area contributed by atoms with E-state index in [0.717, 1.165) is 0 Å². The summed E-state index contributed by atoms with van der Waals surface area (Å²) < 4.78 is 10.6. The molecule has 0 heterocycles. The van der Waals surface area contributed by atoms with Gasteiger partial charge in [-0.3, -0.25) is 0 Å². The highest BCUT2D eigenvalue weighted by Crippen LogP contribution is 2.28. The fraction of sp³-hybridized carbons (Fsp3) is 0.188.